The van der Waals surface area contributed by atoms with Crippen molar-refractivity contribution in [3.05, 3.63) is 23.8 Å². The Balaban J connectivity index is 1.23. The summed E-state index contributed by atoms with van der Waals surface area (Å²) < 4.78 is 34.6. The van der Waals surface area contributed by atoms with Gasteiger partial charge in [-0.2, -0.15) is 0 Å². The van der Waals surface area contributed by atoms with Crippen LogP contribution in [0.25, 0.3) is 11.0 Å². The second kappa shape index (κ2) is 9.33. The summed E-state index contributed by atoms with van der Waals surface area (Å²) in [4.78, 5) is 13.7. The SMILES string of the molecule is COCC[C@]12CC[C@@](C)(O)C[C@@H]1CC[C@H]1[C@@H]3CC[C@H](C(=O)Cn4nnc5cc(F)c(F)cc54)[C@@]3(C)CC[C@@H]12. The second-order valence-corrected chi connectivity index (χ2v) is 13.5. The molecule has 2 aromatic rings. The number of carbonyl (C=O) groups excluding carboxylic acids is 1. The molecule has 1 aromatic carbocycles. The predicted molar refractivity (Wildman–Crippen MR) is 139 cm³/mol. The summed E-state index contributed by atoms with van der Waals surface area (Å²) >= 11 is 0. The average molecular weight is 530 g/mol. The molecule has 8 atom stereocenters. The van der Waals surface area contributed by atoms with Crippen LogP contribution in [0.1, 0.15) is 78.1 Å². The number of methoxy groups -OCH3 is 1. The molecule has 8 heteroatoms. The lowest BCUT2D eigenvalue weighted by atomic mass is 9.42. The van der Waals surface area contributed by atoms with Crippen LogP contribution >= 0.6 is 0 Å². The fourth-order valence-corrected chi connectivity index (χ4v) is 9.89. The lowest BCUT2D eigenvalue weighted by Gasteiger charge is -2.63. The number of rotatable bonds is 6. The van der Waals surface area contributed by atoms with E-state index in [1.165, 1.54) is 11.1 Å². The Morgan fingerprint density at radius 1 is 1.08 bits per heavy atom. The molecule has 1 heterocycles. The van der Waals surface area contributed by atoms with E-state index in [0.717, 1.165) is 76.5 Å². The van der Waals surface area contributed by atoms with Crippen LogP contribution in [0.5, 0.6) is 0 Å². The van der Waals surface area contributed by atoms with E-state index in [0.29, 0.717) is 29.2 Å². The summed E-state index contributed by atoms with van der Waals surface area (Å²) in [6.07, 6.45) is 10.3. The Morgan fingerprint density at radius 2 is 1.87 bits per heavy atom. The third-order valence-electron chi connectivity index (χ3n) is 11.7. The van der Waals surface area contributed by atoms with Gasteiger partial charge in [0.2, 0.25) is 0 Å². The molecular formula is C30H41F2N3O3. The molecule has 1 N–H and O–H groups in total. The molecule has 1 aromatic heterocycles. The lowest BCUT2D eigenvalue weighted by molar-refractivity contribution is -0.163. The molecule has 0 amide bonds. The third-order valence-corrected chi connectivity index (χ3v) is 11.7. The summed E-state index contributed by atoms with van der Waals surface area (Å²) in [7, 11) is 1.79. The van der Waals surface area contributed by atoms with Gasteiger partial charge in [0, 0.05) is 31.8 Å². The Hall–Kier alpha value is -1.93. The van der Waals surface area contributed by atoms with E-state index in [4.69, 9.17) is 4.74 Å². The van der Waals surface area contributed by atoms with Crippen LogP contribution in [-0.2, 0) is 16.1 Å². The number of ketones is 1. The van der Waals surface area contributed by atoms with Gasteiger partial charge in [-0.1, -0.05) is 12.1 Å². The minimum atomic E-state index is -0.960. The van der Waals surface area contributed by atoms with E-state index in [1.807, 2.05) is 6.92 Å². The van der Waals surface area contributed by atoms with E-state index < -0.39 is 17.2 Å². The van der Waals surface area contributed by atoms with Gasteiger partial charge in [-0.25, -0.2) is 13.5 Å². The third kappa shape index (κ3) is 4.04. The Bertz CT molecular complexity index is 1230. The van der Waals surface area contributed by atoms with Gasteiger partial charge in [-0.3, -0.25) is 4.79 Å². The molecule has 0 unspecified atom stereocenters. The fraction of sp³-hybridized carbons (Fsp3) is 0.767. The summed E-state index contributed by atoms with van der Waals surface area (Å²) in [5.41, 5.74) is 0.220. The minimum absolute atomic E-state index is 0.0393. The second-order valence-electron chi connectivity index (χ2n) is 13.5. The van der Waals surface area contributed by atoms with Crippen LogP contribution in [0, 0.1) is 52.1 Å². The number of aliphatic hydroxyl groups is 1. The zero-order valence-corrected chi connectivity index (χ0v) is 22.9. The number of halogens is 2. The number of Topliss-reactive ketones (excluding diaryl/α,β-unsaturated/α-hetero) is 1. The summed E-state index contributed by atoms with van der Waals surface area (Å²) in [5, 5.41) is 18.9. The molecule has 4 aliphatic carbocycles. The zero-order chi connectivity index (χ0) is 26.9. The van der Waals surface area contributed by atoms with E-state index in [2.05, 4.69) is 17.2 Å². The maximum atomic E-state index is 13.9. The number of benzene rings is 1. The van der Waals surface area contributed by atoms with Crippen molar-refractivity contribution in [3.63, 3.8) is 0 Å². The molecule has 0 bridgehead atoms. The highest BCUT2D eigenvalue weighted by Crippen LogP contribution is 2.69. The maximum Gasteiger partial charge on any atom is 0.161 e. The minimum Gasteiger partial charge on any atom is -0.390 e. The smallest absolute Gasteiger partial charge is 0.161 e. The van der Waals surface area contributed by atoms with Crippen molar-refractivity contribution in [2.24, 2.45) is 40.4 Å². The van der Waals surface area contributed by atoms with Crippen molar-refractivity contribution in [3.8, 4) is 0 Å². The van der Waals surface area contributed by atoms with Gasteiger partial charge < -0.3 is 9.84 Å². The van der Waals surface area contributed by atoms with Crippen LogP contribution in [-0.4, -0.2) is 45.2 Å². The molecule has 208 valence electrons. The van der Waals surface area contributed by atoms with Gasteiger partial charge >= 0.3 is 0 Å². The van der Waals surface area contributed by atoms with Crippen molar-refractivity contribution < 1.29 is 23.4 Å². The van der Waals surface area contributed by atoms with Gasteiger partial charge in [0.05, 0.1) is 11.1 Å². The standard InChI is InChI=1S/C30H41F2N3O3/c1-28(37)10-11-30(12-13-38-3)18(16-28)4-5-19-20-6-7-22(29(20,2)9-8-21(19)30)27(36)17-35-26-15-24(32)23(31)14-25(26)33-34-35/h14-15,18-22,37H,4-13,16-17H2,1-3H3/t18-,19-,20-,21-,22+,28+,29-,30+/m0/s1. The van der Waals surface area contributed by atoms with Gasteiger partial charge in [0.25, 0.3) is 0 Å². The number of nitrogens with zero attached hydrogens (tertiary/aromatic N) is 3. The Morgan fingerprint density at radius 3 is 2.66 bits per heavy atom. The number of carbonyl (C=O) groups is 1. The molecule has 6 rings (SSSR count). The van der Waals surface area contributed by atoms with Gasteiger partial charge in [0.15, 0.2) is 17.4 Å². The molecule has 38 heavy (non-hydrogen) atoms. The number of ether oxygens (including phenoxy) is 1. The van der Waals surface area contributed by atoms with Crippen molar-refractivity contribution in [2.75, 3.05) is 13.7 Å². The molecule has 0 aliphatic heterocycles. The monoisotopic (exact) mass is 529 g/mol. The first-order valence-electron chi connectivity index (χ1n) is 14.5. The first kappa shape index (κ1) is 26.3. The highest BCUT2D eigenvalue weighted by molar-refractivity contribution is 5.84. The molecule has 0 spiro atoms. The van der Waals surface area contributed by atoms with Gasteiger partial charge in [-0.05, 0) is 106 Å². The quantitative estimate of drug-likeness (QED) is 0.519. The summed E-state index contributed by atoms with van der Waals surface area (Å²) in [6, 6.07) is 2.12. The van der Waals surface area contributed by atoms with Crippen LogP contribution < -0.4 is 0 Å². The average Bonchev–Trinajstić information content (AvgIpc) is 3.42. The van der Waals surface area contributed by atoms with E-state index in [-0.39, 0.29) is 34.6 Å². The first-order valence-corrected chi connectivity index (χ1v) is 14.5. The molecule has 4 saturated carbocycles. The van der Waals surface area contributed by atoms with Crippen LogP contribution in [0.2, 0.25) is 0 Å². The normalized spacial score (nSPS) is 40.5. The number of hydrogen-bond acceptors (Lipinski definition) is 5. The van der Waals surface area contributed by atoms with Gasteiger partial charge in [0.1, 0.15) is 12.1 Å². The molecular weight excluding hydrogens is 488 g/mol. The van der Waals surface area contributed by atoms with Crippen molar-refractivity contribution >= 4 is 16.8 Å². The first-order chi connectivity index (χ1) is 18.1. The topological polar surface area (TPSA) is 77.2 Å². The van der Waals surface area contributed by atoms with E-state index >= 15 is 0 Å². The Kier molecular flexibility index (Phi) is 6.45. The number of hydrogen-bond donors (Lipinski definition) is 1. The van der Waals surface area contributed by atoms with E-state index in [9.17, 15) is 18.7 Å². The van der Waals surface area contributed by atoms with Crippen LogP contribution in [0.3, 0.4) is 0 Å². The van der Waals surface area contributed by atoms with Crippen molar-refractivity contribution in [1.82, 2.24) is 15.0 Å². The highest BCUT2D eigenvalue weighted by atomic mass is 19.2. The number of fused-ring (bicyclic) bond motifs is 6. The van der Waals surface area contributed by atoms with Crippen LogP contribution in [0.15, 0.2) is 12.1 Å². The van der Waals surface area contributed by atoms with Gasteiger partial charge in [-0.15, -0.1) is 5.10 Å². The summed E-state index contributed by atoms with van der Waals surface area (Å²) in [5.74, 6) is 0.428. The van der Waals surface area contributed by atoms with Crippen molar-refractivity contribution in [2.45, 2.75) is 90.2 Å². The maximum absolute atomic E-state index is 13.9. The zero-order valence-electron chi connectivity index (χ0n) is 22.9. The highest BCUT2D eigenvalue weighted by Gasteiger charge is 2.62. The molecule has 4 fully saturated rings. The summed E-state index contributed by atoms with van der Waals surface area (Å²) in [6.45, 7) is 5.14. The van der Waals surface area contributed by atoms with E-state index in [1.54, 1.807) is 7.11 Å². The van der Waals surface area contributed by atoms with Crippen LogP contribution in [0.4, 0.5) is 8.78 Å². The molecule has 6 nitrogen and oxygen atoms in total. The lowest BCUT2D eigenvalue weighted by Crippen LogP contribution is -2.57. The molecule has 0 saturated heterocycles. The Labute approximate surface area is 223 Å². The fourth-order valence-electron chi connectivity index (χ4n) is 9.89. The number of aromatic nitrogens is 3. The van der Waals surface area contributed by atoms with Crippen molar-refractivity contribution in [1.29, 1.82) is 0 Å². The largest absolute Gasteiger partial charge is 0.390 e. The molecule has 4 aliphatic rings. The molecule has 0 radical (unpaired) electrons. The predicted octanol–water partition coefficient (Wildman–Crippen LogP) is 5.71.